The number of ether oxygens (including phenoxy) is 1. The minimum Gasteiger partial charge on any atom is -0.493 e. The Morgan fingerprint density at radius 3 is 2.80 bits per heavy atom. The zero-order chi connectivity index (χ0) is 21.1. The van der Waals surface area contributed by atoms with Gasteiger partial charge >= 0.3 is 0 Å². The maximum Gasteiger partial charge on any atom is 0.254 e. The number of rotatable bonds is 0. The zero-order valence-electron chi connectivity index (χ0n) is 17.7. The lowest BCUT2D eigenvalue weighted by Crippen LogP contribution is -2.55. The van der Waals surface area contributed by atoms with Crippen LogP contribution in [0, 0.1) is 6.92 Å². The Morgan fingerprint density at radius 1 is 1.10 bits per heavy atom. The lowest BCUT2D eigenvalue weighted by atomic mass is 10.1. The Balaban J connectivity index is 1.56. The molecular weight excluding hydrogens is 382 g/mol. The van der Waals surface area contributed by atoms with Crippen LogP contribution >= 0.6 is 0 Å². The molecule has 3 aliphatic heterocycles. The van der Waals surface area contributed by atoms with Gasteiger partial charge in [0.15, 0.2) is 0 Å². The summed E-state index contributed by atoms with van der Waals surface area (Å²) < 4.78 is 7.79. The van der Waals surface area contributed by atoms with Gasteiger partial charge in [0, 0.05) is 56.8 Å². The van der Waals surface area contributed by atoms with E-state index in [-0.39, 0.29) is 17.9 Å². The molecule has 2 amide bonds. The SMILES string of the molecule is Cc1ccc2cc1OCCCn1cc(nn1)CCCC(=O)N1CCN(CC1C)C2=O. The van der Waals surface area contributed by atoms with E-state index < -0.39 is 0 Å². The van der Waals surface area contributed by atoms with Crippen molar-refractivity contribution in [3.8, 4) is 5.75 Å². The van der Waals surface area contributed by atoms with Gasteiger partial charge in [0.2, 0.25) is 5.91 Å². The molecule has 0 N–H and O–H groups in total. The van der Waals surface area contributed by atoms with Crippen LogP contribution in [0.25, 0.3) is 0 Å². The Kier molecular flexibility index (Phi) is 6.01. The van der Waals surface area contributed by atoms with Gasteiger partial charge in [-0.25, -0.2) is 0 Å². The van der Waals surface area contributed by atoms with Crippen molar-refractivity contribution in [1.82, 2.24) is 24.8 Å². The summed E-state index contributed by atoms with van der Waals surface area (Å²) in [6.45, 7) is 6.90. The number of aryl methyl sites for hydroxylation is 3. The van der Waals surface area contributed by atoms with Gasteiger partial charge in [0.1, 0.15) is 5.75 Å². The van der Waals surface area contributed by atoms with Gasteiger partial charge in [-0.3, -0.25) is 14.3 Å². The highest BCUT2D eigenvalue weighted by molar-refractivity contribution is 5.95. The third-order valence-electron chi connectivity index (χ3n) is 5.87. The molecule has 5 rings (SSSR count). The Bertz CT molecular complexity index is 925. The lowest BCUT2D eigenvalue weighted by Gasteiger charge is -2.40. The minimum atomic E-state index is -0.00783. The zero-order valence-corrected chi connectivity index (χ0v) is 17.7. The van der Waals surface area contributed by atoms with E-state index in [1.807, 2.05) is 52.7 Å². The molecule has 0 spiro atoms. The van der Waals surface area contributed by atoms with E-state index in [1.54, 1.807) is 0 Å². The quantitative estimate of drug-likeness (QED) is 0.663. The van der Waals surface area contributed by atoms with Crippen LogP contribution in [0.3, 0.4) is 0 Å². The smallest absolute Gasteiger partial charge is 0.254 e. The first-order valence-corrected chi connectivity index (χ1v) is 10.7. The lowest BCUT2D eigenvalue weighted by molar-refractivity contribution is -0.135. The van der Waals surface area contributed by atoms with E-state index >= 15 is 0 Å². The van der Waals surface area contributed by atoms with E-state index in [9.17, 15) is 9.59 Å². The van der Waals surface area contributed by atoms with Gasteiger partial charge in [-0.2, -0.15) is 0 Å². The van der Waals surface area contributed by atoms with Crippen molar-refractivity contribution in [2.45, 2.75) is 52.1 Å². The van der Waals surface area contributed by atoms with Crippen molar-refractivity contribution in [2.75, 3.05) is 26.2 Å². The first-order chi connectivity index (χ1) is 14.5. The van der Waals surface area contributed by atoms with E-state index in [4.69, 9.17) is 4.74 Å². The van der Waals surface area contributed by atoms with E-state index in [0.29, 0.717) is 44.8 Å². The summed E-state index contributed by atoms with van der Waals surface area (Å²) >= 11 is 0. The van der Waals surface area contributed by atoms with E-state index in [0.717, 1.165) is 36.3 Å². The fourth-order valence-corrected chi connectivity index (χ4v) is 4.12. The molecule has 1 saturated heterocycles. The largest absolute Gasteiger partial charge is 0.493 e. The minimum absolute atomic E-state index is 0.000623. The fraction of sp³-hybridized carbons (Fsp3) is 0.545. The number of hydrogen-bond donors (Lipinski definition) is 0. The third kappa shape index (κ3) is 4.47. The Hall–Kier alpha value is -2.90. The van der Waals surface area contributed by atoms with Crippen molar-refractivity contribution < 1.29 is 14.3 Å². The average molecular weight is 412 g/mol. The standard InChI is InChI=1S/C22H29N5O3/c1-16-7-8-18-13-20(16)30-12-4-9-26-15-19(23-24-26)5-3-6-21(28)27-11-10-25(22(18)29)14-17(27)2/h7-8,13,15,17H,3-6,9-12,14H2,1-2H3. The number of nitrogens with zero attached hydrogens (tertiary/aromatic N) is 5. The summed E-state index contributed by atoms with van der Waals surface area (Å²) in [5.74, 6) is 0.873. The predicted molar refractivity (Wildman–Crippen MR) is 111 cm³/mol. The van der Waals surface area contributed by atoms with Crippen molar-refractivity contribution in [3.05, 3.63) is 41.2 Å². The third-order valence-corrected chi connectivity index (χ3v) is 5.87. The second-order valence-corrected chi connectivity index (χ2v) is 8.20. The maximum absolute atomic E-state index is 13.1. The van der Waals surface area contributed by atoms with Crippen LogP contribution in [0.15, 0.2) is 24.4 Å². The molecule has 1 aromatic carbocycles. The summed E-state index contributed by atoms with van der Waals surface area (Å²) in [6.07, 6.45) is 4.71. The van der Waals surface area contributed by atoms with Crippen LogP contribution in [0.4, 0.5) is 0 Å². The first-order valence-electron chi connectivity index (χ1n) is 10.7. The van der Waals surface area contributed by atoms with Crippen LogP contribution in [-0.2, 0) is 17.8 Å². The van der Waals surface area contributed by atoms with Crippen LogP contribution < -0.4 is 4.74 Å². The number of hydrogen-bond acceptors (Lipinski definition) is 5. The molecule has 4 heterocycles. The normalized spacial score (nSPS) is 21.1. The van der Waals surface area contributed by atoms with Crippen LogP contribution in [0.1, 0.15) is 47.8 Å². The number of carbonyl (C=O) groups is 2. The number of piperazine rings is 1. The molecule has 6 bridgehead atoms. The summed E-state index contributed by atoms with van der Waals surface area (Å²) in [7, 11) is 0. The van der Waals surface area contributed by atoms with Crippen LogP contribution in [-0.4, -0.2) is 68.9 Å². The van der Waals surface area contributed by atoms with Crippen LogP contribution in [0.2, 0.25) is 0 Å². The Labute approximate surface area is 176 Å². The molecule has 1 aromatic heterocycles. The van der Waals surface area contributed by atoms with E-state index in [1.165, 1.54) is 0 Å². The number of amides is 2. The molecule has 2 aromatic rings. The highest BCUT2D eigenvalue weighted by Gasteiger charge is 2.30. The molecule has 0 aliphatic carbocycles. The van der Waals surface area contributed by atoms with Gasteiger partial charge in [0.25, 0.3) is 5.91 Å². The number of carbonyl (C=O) groups excluding carboxylic acids is 2. The average Bonchev–Trinajstić information content (AvgIpc) is 3.18. The van der Waals surface area contributed by atoms with E-state index in [2.05, 4.69) is 10.3 Å². The summed E-state index contributed by atoms with van der Waals surface area (Å²) in [6, 6.07) is 5.62. The molecule has 0 radical (unpaired) electrons. The molecule has 160 valence electrons. The summed E-state index contributed by atoms with van der Waals surface area (Å²) in [5, 5.41) is 8.39. The van der Waals surface area contributed by atoms with Gasteiger partial charge in [0.05, 0.1) is 12.3 Å². The van der Waals surface area contributed by atoms with Gasteiger partial charge in [-0.15, -0.1) is 5.10 Å². The monoisotopic (exact) mass is 411 g/mol. The molecule has 1 fully saturated rings. The molecular formula is C22H29N5O3. The summed E-state index contributed by atoms with van der Waals surface area (Å²) in [4.78, 5) is 29.5. The topological polar surface area (TPSA) is 80.6 Å². The van der Waals surface area contributed by atoms with Crippen molar-refractivity contribution in [2.24, 2.45) is 0 Å². The van der Waals surface area contributed by atoms with Crippen LogP contribution in [0.5, 0.6) is 5.75 Å². The molecule has 1 unspecified atom stereocenters. The first kappa shape index (κ1) is 20.4. The second kappa shape index (κ2) is 8.85. The van der Waals surface area contributed by atoms with Gasteiger partial charge in [-0.05, 0) is 44.4 Å². The fourth-order valence-electron chi connectivity index (χ4n) is 4.12. The number of aromatic nitrogens is 3. The highest BCUT2D eigenvalue weighted by atomic mass is 16.5. The molecule has 1 atom stereocenters. The molecule has 30 heavy (non-hydrogen) atoms. The Morgan fingerprint density at radius 2 is 1.97 bits per heavy atom. The van der Waals surface area contributed by atoms with Gasteiger partial charge in [-0.1, -0.05) is 11.3 Å². The molecule has 8 nitrogen and oxygen atoms in total. The van der Waals surface area contributed by atoms with Crippen molar-refractivity contribution in [3.63, 3.8) is 0 Å². The molecule has 8 heteroatoms. The van der Waals surface area contributed by atoms with Crippen molar-refractivity contribution >= 4 is 11.8 Å². The number of fused-ring (bicyclic) bond motifs is 8. The second-order valence-electron chi connectivity index (χ2n) is 8.20. The predicted octanol–water partition coefficient (Wildman–Crippen LogP) is 2.06. The molecule has 0 saturated carbocycles. The highest BCUT2D eigenvalue weighted by Crippen LogP contribution is 2.22. The van der Waals surface area contributed by atoms with Gasteiger partial charge < -0.3 is 14.5 Å². The summed E-state index contributed by atoms with van der Waals surface area (Å²) in [5.41, 5.74) is 2.54. The number of benzene rings is 1. The maximum atomic E-state index is 13.1. The van der Waals surface area contributed by atoms with Crippen molar-refractivity contribution in [1.29, 1.82) is 0 Å². The molecule has 3 aliphatic rings.